The smallest absolute Gasteiger partial charge is 0.251 e. The van der Waals surface area contributed by atoms with Crippen molar-refractivity contribution >= 4 is 5.91 Å². The maximum atomic E-state index is 12.6. The van der Waals surface area contributed by atoms with Crippen molar-refractivity contribution in [3.05, 3.63) is 59.4 Å². The molecule has 1 fully saturated rings. The van der Waals surface area contributed by atoms with E-state index in [1.54, 1.807) is 24.5 Å². The molecule has 1 aliphatic carbocycles. The molecule has 4 rings (SSSR count). The van der Waals surface area contributed by atoms with Gasteiger partial charge in [-0.05, 0) is 54.2 Å². The van der Waals surface area contributed by atoms with Gasteiger partial charge < -0.3 is 15.2 Å². The molecule has 1 amide bonds. The van der Waals surface area contributed by atoms with Gasteiger partial charge in [-0.25, -0.2) is 0 Å². The van der Waals surface area contributed by atoms with Gasteiger partial charge in [0.1, 0.15) is 5.75 Å². The van der Waals surface area contributed by atoms with E-state index in [9.17, 15) is 9.90 Å². The molecule has 124 valence electrons. The van der Waals surface area contributed by atoms with Gasteiger partial charge in [-0.2, -0.15) is 0 Å². The minimum atomic E-state index is -0.256. The molecule has 1 unspecified atom stereocenters. The Morgan fingerprint density at radius 1 is 1.25 bits per heavy atom. The molecule has 0 saturated heterocycles. The normalized spacial score (nSPS) is 22.9. The number of benzene rings is 1. The van der Waals surface area contributed by atoms with Crippen LogP contribution in [-0.2, 0) is 6.42 Å². The van der Waals surface area contributed by atoms with E-state index in [1.165, 1.54) is 5.56 Å². The molecule has 1 atom stereocenters. The summed E-state index contributed by atoms with van der Waals surface area (Å²) in [5, 5.41) is 12.8. The summed E-state index contributed by atoms with van der Waals surface area (Å²) in [6, 6.07) is 9.45. The van der Waals surface area contributed by atoms with Crippen LogP contribution in [0.2, 0.25) is 0 Å². The van der Waals surface area contributed by atoms with E-state index >= 15 is 0 Å². The number of nitrogens with zero attached hydrogens (tertiary/aromatic N) is 1. The van der Waals surface area contributed by atoms with Gasteiger partial charge in [-0.1, -0.05) is 6.07 Å². The van der Waals surface area contributed by atoms with Crippen molar-refractivity contribution in [2.45, 2.75) is 31.4 Å². The van der Waals surface area contributed by atoms with Crippen LogP contribution >= 0.6 is 0 Å². The van der Waals surface area contributed by atoms with Crippen molar-refractivity contribution in [2.24, 2.45) is 5.92 Å². The molecule has 0 radical (unpaired) electrons. The van der Waals surface area contributed by atoms with Crippen LogP contribution in [0.1, 0.15) is 40.4 Å². The van der Waals surface area contributed by atoms with E-state index < -0.39 is 0 Å². The third-order valence-corrected chi connectivity index (χ3v) is 4.92. The monoisotopic (exact) mass is 324 g/mol. The number of rotatable bonds is 4. The second-order valence-corrected chi connectivity index (χ2v) is 6.54. The van der Waals surface area contributed by atoms with Gasteiger partial charge in [0, 0.05) is 24.4 Å². The number of amides is 1. The summed E-state index contributed by atoms with van der Waals surface area (Å²) >= 11 is 0. The summed E-state index contributed by atoms with van der Waals surface area (Å²) in [6.45, 7) is 0.717. The van der Waals surface area contributed by atoms with Gasteiger partial charge in [0.2, 0.25) is 0 Å². The summed E-state index contributed by atoms with van der Waals surface area (Å²) in [6.07, 6.45) is 5.31. The van der Waals surface area contributed by atoms with Crippen molar-refractivity contribution in [1.29, 1.82) is 0 Å². The molecule has 2 N–H and O–H groups in total. The number of ether oxygens (including phenoxy) is 1. The number of fused-ring (bicyclic) bond motifs is 1. The van der Waals surface area contributed by atoms with Crippen LogP contribution in [0.25, 0.3) is 0 Å². The predicted molar refractivity (Wildman–Crippen MR) is 88.8 cm³/mol. The largest absolute Gasteiger partial charge is 0.493 e. The average Bonchev–Trinajstić information content (AvgIpc) is 3.05. The zero-order chi connectivity index (χ0) is 16.5. The lowest BCUT2D eigenvalue weighted by atomic mass is 9.74. The SMILES string of the molecule is O=C(NC(c1ccc2c(c1)CCO2)C1CC(O)C1)c1ccncc1. The van der Waals surface area contributed by atoms with Crippen LogP contribution in [0.3, 0.4) is 0 Å². The highest BCUT2D eigenvalue weighted by Crippen LogP contribution is 2.39. The standard InChI is InChI=1S/C19H20N2O3/c22-16-10-15(11-16)18(21-19(23)12-3-6-20-7-4-12)14-1-2-17-13(9-14)5-8-24-17/h1-4,6-7,9,15-16,18,22H,5,8,10-11H2,(H,21,23). The first-order valence-corrected chi connectivity index (χ1v) is 8.35. The van der Waals surface area contributed by atoms with E-state index in [2.05, 4.69) is 16.4 Å². The molecule has 0 bridgehead atoms. The fourth-order valence-electron chi connectivity index (χ4n) is 3.50. The molecular weight excluding hydrogens is 304 g/mol. The highest BCUT2D eigenvalue weighted by Gasteiger charge is 2.36. The Hall–Kier alpha value is -2.40. The fraction of sp³-hybridized carbons (Fsp3) is 0.368. The first-order chi connectivity index (χ1) is 11.7. The van der Waals surface area contributed by atoms with Crippen LogP contribution < -0.4 is 10.1 Å². The van der Waals surface area contributed by atoms with Gasteiger partial charge in [-0.15, -0.1) is 0 Å². The highest BCUT2D eigenvalue weighted by atomic mass is 16.5. The number of hydrogen-bond donors (Lipinski definition) is 2. The molecule has 2 aliphatic rings. The average molecular weight is 324 g/mol. The van der Waals surface area contributed by atoms with Crippen molar-refractivity contribution in [3.8, 4) is 5.75 Å². The van der Waals surface area contributed by atoms with Crippen molar-refractivity contribution in [1.82, 2.24) is 10.3 Å². The van der Waals surface area contributed by atoms with Crippen LogP contribution in [0.15, 0.2) is 42.7 Å². The van der Waals surface area contributed by atoms with Gasteiger partial charge in [0.15, 0.2) is 0 Å². The van der Waals surface area contributed by atoms with Gasteiger partial charge in [0.25, 0.3) is 5.91 Å². The van der Waals surface area contributed by atoms with Gasteiger partial charge >= 0.3 is 0 Å². The molecule has 1 aromatic heterocycles. The minimum Gasteiger partial charge on any atom is -0.493 e. The number of pyridine rings is 1. The number of aromatic nitrogens is 1. The van der Waals surface area contributed by atoms with E-state index in [-0.39, 0.29) is 24.0 Å². The van der Waals surface area contributed by atoms with Crippen molar-refractivity contribution in [2.75, 3.05) is 6.61 Å². The predicted octanol–water partition coefficient (Wildman–Crippen LogP) is 2.26. The summed E-state index contributed by atoms with van der Waals surface area (Å²) in [5.74, 6) is 1.08. The molecule has 5 nitrogen and oxygen atoms in total. The van der Waals surface area contributed by atoms with Crippen molar-refractivity contribution in [3.63, 3.8) is 0 Å². The summed E-state index contributed by atoms with van der Waals surface area (Å²) < 4.78 is 5.57. The molecule has 1 saturated carbocycles. The molecule has 5 heteroatoms. The number of carbonyl (C=O) groups is 1. The van der Waals surface area contributed by atoms with Crippen LogP contribution in [0.4, 0.5) is 0 Å². The minimum absolute atomic E-state index is 0.0973. The van der Waals surface area contributed by atoms with Gasteiger partial charge in [-0.3, -0.25) is 9.78 Å². The first-order valence-electron chi connectivity index (χ1n) is 8.35. The lowest BCUT2D eigenvalue weighted by Crippen LogP contribution is -2.41. The number of nitrogens with one attached hydrogen (secondary N) is 1. The third-order valence-electron chi connectivity index (χ3n) is 4.92. The second-order valence-electron chi connectivity index (χ2n) is 6.54. The third kappa shape index (κ3) is 2.87. The fourth-order valence-corrected chi connectivity index (χ4v) is 3.50. The molecule has 1 aliphatic heterocycles. The number of hydrogen-bond acceptors (Lipinski definition) is 4. The molecular formula is C19H20N2O3. The number of aliphatic hydroxyl groups excluding tert-OH is 1. The Morgan fingerprint density at radius 2 is 2.04 bits per heavy atom. The maximum Gasteiger partial charge on any atom is 0.251 e. The zero-order valence-corrected chi connectivity index (χ0v) is 13.3. The molecule has 2 heterocycles. The summed E-state index contributed by atoms with van der Waals surface area (Å²) in [4.78, 5) is 16.5. The maximum absolute atomic E-state index is 12.6. The van der Waals surface area contributed by atoms with Crippen LogP contribution in [0, 0.1) is 5.92 Å². The molecule has 0 spiro atoms. The lowest BCUT2D eigenvalue weighted by Gasteiger charge is -2.38. The first kappa shape index (κ1) is 15.1. The molecule has 24 heavy (non-hydrogen) atoms. The van der Waals surface area contributed by atoms with E-state index in [0.29, 0.717) is 5.56 Å². The Kier molecular flexibility index (Phi) is 3.94. The van der Waals surface area contributed by atoms with Gasteiger partial charge in [0.05, 0.1) is 18.8 Å². The Labute approximate surface area is 140 Å². The second kappa shape index (κ2) is 6.24. The van der Waals surface area contributed by atoms with Crippen LogP contribution in [-0.4, -0.2) is 28.7 Å². The van der Waals surface area contributed by atoms with E-state index in [4.69, 9.17) is 4.74 Å². The summed E-state index contributed by atoms with van der Waals surface area (Å²) in [7, 11) is 0. The lowest BCUT2D eigenvalue weighted by molar-refractivity contribution is 0.0235. The van der Waals surface area contributed by atoms with Crippen molar-refractivity contribution < 1.29 is 14.6 Å². The van der Waals surface area contributed by atoms with E-state index in [1.807, 2.05) is 12.1 Å². The Balaban J connectivity index is 1.59. The zero-order valence-electron chi connectivity index (χ0n) is 13.3. The Morgan fingerprint density at radius 3 is 2.79 bits per heavy atom. The number of carbonyl (C=O) groups excluding carboxylic acids is 1. The highest BCUT2D eigenvalue weighted by molar-refractivity contribution is 5.94. The number of aliphatic hydroxyl groups is 1. The molecule has 2 aromatic rings. The molecule has 1 aromatic carbocycles. The van der Waals surface area contributed by atoms with E-state index in [0.717, 1.165) is 37.2 Å². The van der Waals surface area contributed by atoms with Crippen LogP contribution in [0.5, 0.6) is 5.75 Å². The quantitative estimate of drug-likeness (QED) is 0.905. The topological polar surface area (TPSA) is 71.5 Å². The Bertz CT molecular complexity index is 742. The summed E-state index contributed by atoms with van der Waals surface area (Å²) in [5.41, 5.74) is 2.87.